The second kappa shape index (κ2) is 9.38. The maximum atomic E-state index is 12.7. The summed E-state index contributed by atoms with van der Waals surface area (Å²) in [5.41, 5.74) is -0.141. The first-order valence-corrected chi connectivity index (χ1v) is 10.7. The smallest absolute Gasteiger partial charge is 0.317 e. The molecule has 148 valence electrons. The molecule has 2 saturated carbocycles. The summed E-state index contributed by atoms with van der Waals surface area (Å²) in [6.07, 6.45) is 9.95. The number of hydrogen-bond acceptors (Lipinski definition) is 4. The largest absolute Gasteiger partial charge is 0.335 e. The Morgan fingerprint density at radius 3 is 2.19 bits per heavy atom. The molecule has 1 saturated heterocycles. The molecule has 0 bridgehead atoms. The zero-order chi connectivity index (χ0) is 18.5. The third-order valence-corrected chi connectivity index (χ3v) is 6.41. The van der Waals surface area contributed by atoms with Crippen molar-refractivity contribution in [2.24, 2.45) is 11.8 Å². The Hall–Kier alpha value is -0.850. The van der Waals surface area contributed by atoms with E-state index in [1.54, 1.807) is 0 Å². The Morgan fingerprint density at radius 1 is 0.885 bits per heavy atom. The lowest BCUT2D eigenvalue weighted by molar-refractivity contribution is -0.128. The molecule has 0 spiro atoms. The Morgan fingerprint density at radius 2 is 1.54 bits per heavy atom. The molecule has 3 atom stereocenters. The van der Waals surface area contributed by atoms with Crippen LogP contribution in [0.25, 0.3) is 0 Å². The Balaban J connectivity index is 1.38. The van der Waals surface area contributed by atoms with Crippen LogP contribution in [0.2, 0.25) is 0 Å². The first-order valence-electron chi connectivity index (χ1n) is 10.3. The van der Waals surface area contributed by atoms with E-state index in [9.17, 15) is 9.59 Å². The normalized spacial score (nSPS) is 36.3. The third-order valence-electron chi connectivity index (χ3n) is 6.11. The van der Waals surface area contributed by atoms with E-state index in [1.165, 1.54) is 19.3 Å². The van der Waals surface area contributed by atoms with Gasteiger partial charge in [-0.15, -0.1) is 11.6 Å². The lowest BCUT2D eigenvalue weighted by Gasteiger charge is -2.35. The quantitative estimate of drug-likeness (QED) is 0.443. The van der Waals surface area contributed by atoms with E-state index < -0.39 is 0 Å². The summed E-state index contributed by atoms with van der Waals surface area (Å²) in [5, 5.41) is 12.3. The molecule has 0 aromatic rings. The molecule has 3 fully saturated rings. The van der Waals surface area contributed by atoms with Crippen LogP contribution >= 0.6 is 11.6 Å². The highest BCUT2D eigenvalue weighted by Crippen LogP contribution is 2.32. The molecule has 4 N–H and O–H groups in total. The SMILES string of the molecule is CC1CC(Cl)NC(NC(=O)NC2CCC(C(=O)C3CCCCC3)CC2)N1. The van der Waals surface area contributed by atoms with Gasteiger partial charge in [-0.1, -0.05) is 19.3 Å². The summed E-state index contributed by atoms with van der Waals surface area (Å²) in [6, 6.07) is 0.221. The average Bonchev–Trinajstić information content (AvgIpc) is 2.61. The minimum absolute atomic E-state index is 0.141. The van der Waals surface area contributed by atoms with E-state index in [-0.39, 0.29) is 35.8 Å². The summed E-state index contributed by atoms with van der Waals surface area (Å²) in [5.74, 6) is 1.000. The molecule has 3 aliphatic rings. The molecule has 1 heterocycles. The Labute approximate surface area is 161 Å². The van der Waals surface area contributed by atoms with Crippen molar-refractivity contribution in [2.75, 3.05) is 0 Å². The molecule has 3 unspecified atom stereocenters. The van der Waals surface area contributed by atoms with Crippen LogP contribution < -0.4 is 21.3 Å². The number of ketones is 1. The zero-order valence-electron chi connectivity index (χ0n) is 15.7. The van der Waals surface area contributed by atoms with Gasteiger partial charge in [0.15, 0.2) is 0 Å². The number of amides is 2. The average molecular weight is 385 g/mol. The van der Waals surface area contributed by atoms with Crippen LogP contribution in [0.15, 0.2) is 0 Å². The van der Waals surface area contributed by atoms with Gasteiger partial charge in [-0.3, -0.25) is 15.4 Å². The van der Waals surface area contributed by atoms with Gasteiger partial charge in [0.2, 0.25) is 0 Å². The van der Waals surface area contributed by atoms with Crippen molar-refractivity contribution in [3.05, 3.63) is 0 Å². The molecule has 3 rings (SSSR count). The fourth-order valence-electron chi connectivity index (χ4n) is 4.64. The second-order valence-corrected chi connectivity index (χ2v) is 8.80. The summed E-state index contributed by atoms with van der Waals surface area (Å²) in [7, 11) is 0. The topological polar surface area (TPSA) is 82.3 Å². The van der Waals surface area contributed by atoms with Crippen LogP contribution in [0.5, 0.6) is 0 Å². The van der Waals surface area contributed by atoms with Gasteiger partial charge in [-0.05, 0) is 51.9 Å². The Kier molecular flexibility index (Phi) is 7.18. The highest BCUT2D eigenvalue weighted by molar-refractivity contribution is 6.20. The van der Waals surface area contributed by atoms with Gasteiger partial charge in [-0.2, -0.15) is 0 Å². The second-order valence-electron chi connectivity index (χ2n) is 8.27. The van der Waals surface area contributed by atoms with Crippen LogP contribution in [-0.2, 0) is 4.79 Å². The summed E-state index contributed by atoms with van der Waals surface area (Å²) in [6.45, 7) is 2.05. The molecule has 1 aliphatic heterocycles. The van der Waals surface area contributed by atoms with E-state index in [1.807, 2.05) is 6.92 Å². The van der Waals surface area contributed by atoms with Crippen molar-refractivity contribution in [1.82, 2.24) is 21.3 Å². The number of nitrogens with one attached hydrogen (secondary N) is 4. The van der Waals surface area contributed by atoms with Gasteiger partial charge in [0.25, 0.3) is 0 Å². The van der Waals surface area contributed by atoms with Gasteiger partial charge in [0.05, 0.1) is 5.50 Å². The van der Waals surface area contributed by atoms with Gasteiger partial charge < -0.3 is 10.6 Å². The first-order chi connectivity index (χ1) is 12.5. The van der Waals surface area contributed by atoms with Crippen molar-refractivity contribution in [2.45, 2.75) is 95.0 Å². The molecular weight excluding hydrogens is 352 g/mol. The first kappa shape index (κ1) is 19.9. The minimum atomic E-state index is -0.314. The van der Waals surface area contributed by atoms with Gasteiger partial charge in [-0.25, -0.2) is 4.79 Å². The van der Waals surface area contributed by atoms with E-state index in [4.69, 9.17) is 11.6 Å². The number of hydrogen-bond donors (Lipinski definition) is 4. The number of Topliss-reactive ketones (excluding diaryl/α,β-unsaturated/α-hetero) is 1. The summed E-state index contributed by atoms with van der Waals surface area (Å²) < 4.78 is 0. The molecule has 0 aromatic carbocycles. The third kappa shape index (κ3) is 5.57. The van der Waals surface area contributed by atoms with E-state index in [2.05, 4.69) is 21.3 Å². The standard InChI is InChI=1S/C19H33ClN4O2/c1-12-11-16(20)23-18(21-12)24-19(26)22-15-9-7-14(8-10-15)17(25)13-5-3-2-4-6-13/h12-16,18,21,23H,2-11H2,1H3,(H2,22,24,26). The van der Waals surface area contributed by atoms with E-state index in [0.717, 1.165) is 44.9 Å². The highest BCUT2D eigenvalue weighted by atomic mass is 35.5. The number of urea groups is 1. The van der Waals surface area contributed by atoms with E-state index >= 15 is 0 Å². The van der Waals surface area contributed by atoms with Gasteiger partial charge in [0, 0.05) is 23.9 Å². The number of alkyl halides is 1. The lowest BCUT2D eigenvalue weighted by atomic mass is 9.75. The fraction of sp³-hybridized carbons (Fsp3) is 0.895. The maximum absolute atomic E-state index is 12.7. The fourth-order valence-corrected chi connectivity index (χ4v) is 5.04. The molecule has 2 aliphatic carbocycles. The number of carbonyl (C=O) groups is 2. The van der Waals surface area contributed by atoms with Crippen molar-refractivity contribution in [3.63, 3.8) is 0 Å². The minimum Gasteiger partial charge on any atom is -0.335 e. The summed E-state index contributed by atoms with van der Waals surface area (Å²) >= 11 is 6.14. The zero-order valence-corrected chi connectivity index (χ0v) is 16.5. The van der Waals surface area contributed by atoms with E-state index in [0.29, 0.717) is 11.7 Å². The molecular formula is C19H33ClN4O2. The van der Waals surface area contributed by atoms with Crippen LogP contribution in [0.3, 0.4) is 0 Å². The molecule has 7 heteroatoms. The van der Waals surface area contributed by atoms with Crippen molar-refractivity contribution in [3.8, 4) is 0 Å². The van der Waals surface area contributed by atoms with Gasteiger partial charge >= 0.3 is 6.03 Å². The lowest BCUT2D eigenvalue weighted by Crippen LogP contribution is -2.65. The number of rotatable bonds is 4. The number of carbonyl (C=O) groups excluding carboxylic acids is 2. The predicted octanol–water partition coefficient (Wildman–Crippen LogP) is 2.81. The van der Waals surface area contributed by atoms with Crippen molar-refractivity contribution in [1.29, 1.82) is 0 Å². The molecule has 6 nitrogen and oxygen atoms in total. The monoisotopic (exact) mass is 384 g/mol. The molecule has 0 radical (unpaired) electrons. The van der Waals surface area contributed by atoms with Crippen LogP contribution in [0, 0.1) is 11.8 Å². The molecule has 26 heavy (non-hydrogen) atoms. The molecule has 2 amide bonds. The van der Waals surface area contributed by atoms with Crippen molar-refractivity contribution >= 4 is 23.4 Å². The predicted molar refractivity (Wildman–Crippen MR) is 103 cm³/mol. The highest BCUT2D eigenvalue weighted by Gasteiger charge is 2.32. The van der Waals surface area contributed by atoms with Crippen LogP contribution in [0.1, 0.15) is 71.1 Å². The number of halogens is 1. The van der Waals surface area contributed by atoms with Crippen LogP contribution in [0.4, 0.5) is 4.79 Å². The maximum Gasteiger partial charge on any atom is 0.317 e. The van der Waals surface area contributed by atoms with Gasteiger partial charge in [0.1, 0.15) is 12.1 Å². The Bertz CT molecular complexity index is 480. The van der Waals surface area contributed by atoms with Crippen LogP contribution in [-0.4, -0.2) is 35.7 Å². The van der Waals surface area contributed by atoms with Crippen molar-refractivity contribution < 1.29 is 9.59 Å². The summed E-state index contributed by atoms with van der Waals surface area (Å²) in [4.78, 5) is 24.9. The molecule has 0 aromatic heterocycles.